The number of fused-ring (bicyclic) bond motifs is 2. The number of ether oxygens (including phenoxy) is 3. The van der Waals surface area contributed by atoms with E-state index in [1.807, 2.05) is 12.1 Å². The van der Waals surface area contributed by atoms with Crippen LogP contribution in [-0.2, 0) is 22.5 Å². The van der Waals surface area contributed by atoms with Crippen LogP contribution in [0.3, 0.4) is 0 Å². The van der Waals surface area contributed by atoms with Crippen molar-refractivity contribution in [2.75, 3.05) is 27.4 Å². The van der Waals surface area contributed by atoms with Gasteiger partial charge >= 0.3 is 0 Å². The molecule has 6 rings (SSSR count). The predicted octanol–water partition coefficient (Wildman–Crippen LogP) is 7.68. The van der Waals surface area contributed by atoms with Gasteiger partial charge in [-0.05, 0) is 91.7 Å². The van der Waals surface area contributed by atoms with Crippen molar-refractivity contribution in [3.05, 3.63) is 99.1 Å². The zero-order valence-electron chi connectivity index (χ0n) is 27.3. The largest absolute Gasteiger partial charge is 0.496 e. The summed E-state index contributed by atoms with van der Waals surface area (Å²) >= 11 is 5.93. The second-order valence-corrected chi connectivity index (χ2v) is 13.4. The Hall–Kier alpha value is -3.46. The average molecular weight is 665 g/mol. The van der Waals surface area contributed by atoms with Crippen LogP contribution in [0.1, 0.15) is 60.8 Å². The van der Waals surface area contributed by atoms with Crippen molar-refractivity contribution in [3.63, 3.8) is 0 Å². The van der Waals surface area contributed by atoms with Crippen LogP contribution in [0.25, 0.3) is 5.57 Å². The summed E-state index contributed by atoms with van der Waals surface area (Å²) in [6, 6.07) is 16.8. The lowest BCUT2D eigenvalue weighted by Crippen LogP contribution is -2.53. The van der Waals surface area contributed by atoms with Gasteiger partial charge < -0.3 is 24.4 Å². The third-order valence-corrected chi connectivity index (χ3v) is 10.1. The predicted molar refractivity (Wildman–Crippen MR) is 180 cm³/mol. The molecule has 3 atom stereocenters. The number of nitrogens with zero attached hydrogens (tertiary/aromatic N) is 1. The Bertz CT molecular complexity index is 1620. The zero-order valence-corrected chi connectivity index (χ0v) is 28.0. The third-order valence-electron chi connectivity index (χ3n) is 9.72. The molecule has 0 aromatic heterocycles. The fourth-order valence-electron chi connectivity index (χ4n) is 7.20. The normalized spacial score (nSPS) is 20.7. The van der Waals surface area contributed by atoms with Crippen LogP contribution in [0.4, 0.5) is 8.78 Å². The van der Waals surface area contributed by atoms with Crippen LogP contribution in [0.15, 0.2) is 60.2 Å². The quantitative estimate of drug-likeness (QED) is 0.150. The van der Waals surface area contributed by atoms with Gasteiger partial charge in [0.1, 0.15) is 28.2 Å². The number of methoxy groups -OCH3 is 2. The van der Waals surface area contributed by atoms with Gasteiger partial charge in [-0.3, -0.25) is 4.79 Å². The summed E-state index contributed by atoms with van der Waals surface area (Å²) in [5, 5.41) is 3.58. The lowest BCUT2D eigenvalue weighted by molar-refractivity contribution is -0.129. The van der Waals surface area contributed by atoms with Crippen LogP contribution in [0, 0.1) is 24.5 Å². The summed E-state index contributed by atoms with van der Waals surface area (Å²) in [7, 11) is 3.43. The minimum atomic E-state index is -0.837. The van der Waals surface area contributed by atoms with Crippen LogP contribution in [-0.4, -0.2) is 56.4 Å². The molecule has 3 aromatic rings. The van der Waals surface area contributed by atoms with Gasteiger partial charge in [-0.15, -0.1) is 0 Å². The number of hydrogen-bond donors (Lipinski definition) is 1. The van der Waals surface area contributed by atoms with Crippen LogP contribution in [0.5, 0.6) is 11.5 Å². The molecule has 250 valence electrons. The molecule has 1 aliphatic carbocycles. The molecule has 3 aromatic carbocycles. The highest BCUT2D eigenvalue weighted by atomic mass is 35.5. The number of rotatable bonds is 13. The van der Waals surface area contributed by atoms with E-state index in [1.165, 1.54) is 0 Å². The Morgan fingerprint density at radius 1 is 1.04 bits per heavy atom. The van der Waals surface area contributed by atoms with Gasteiger partial charge in [-0.2, -0.15) is 0 Å². The lowest BCUT2D eigenvalue weighted by Gasteiger charge is -2.43. The number of nitrogens with one attached hydrogen (secondary N) is 1. The summed E-state index contributed by atoms with van der Waals surface area (Å²) in [4.78, 5) is 16.8. The molecule has 1 saturated carbocycles. The minimum absolute atomic E-state index is 0.00893. The van der Waals surface area contributed by atoms with Gasteiger partial charge in [0.15, 0.2) is 0 Å². The number of piperidine rings is 1. The lowest BCUT2D eigenvalue weighted by atomic mass is 9.75. The van der Waals surface area contributed by atoms with E-state index in [4.69, 9.17) is 25.8 Å². The molecule has 3 aliphatic rings. The van der Waals surface area contributed by atoms with Gasteiger partial charge in [0, 0.05) is 56.1 Å². The van der Waals surface area contributed by atoms with Crippen molar-refractivity contribution >= 4 is 23.1 Å². The Kier molecular flexibility index (Phi) is 10.5. The monoisotopic (exact) mass is 664 g/mol. The molecule has 2 heterocycles. The number of aryl methyl sites for hydroxylation is 1. The van der Waals surface area contributed by atoms with Gasteiger partial charge in [0.2, 0.25) is 0 Å². The van der Waals surface area contributed by atoms with Crippen molar-refractivity contribution in [1.82, 2.24) is 10.2 Å². The van der Waals surface area contributed by atoms with Crippen molar-refractivity contribution in [3.8, 4) is 11.5 Å². The highest BCUT2D eigenvalue weighted by Crippen LogP contribution is 2.41. The fourth-order valence-corrected chi connectivity index (χ4v) is 7.36. The first-order valence-electron chi connectivity index (χ1n) is 16.5. The molecule has 3 unspecified atom stereocenters. The molecule has 9 heteroatoms. The van der Waals surface area contributed by atoms with E-state index < -0.39 is 11.6 Å². The molecule has 0 spiro atoms. The van der Waals surface area contributed by atoms with Crippen molar-refractivity contribution in [2.45, 2.75) is 76.5 Å². The first-order valence-corrected chi connectivity index (χ1v) is 16.9. The van der Waals surface area contributed by atoms with Gasteiger partial charge in [0.25, 0.3) is 5.91 Å². The molecule has 2 aliphatic heterocycles. The standard InChI is InChI=1S/C38H43ClF2N2O4/c1-23-27(7-4-8-34(23)46-3)21-43(30-13-14-30)38(44)36-31(20-29-16-25(22-45-2)17-33(36)42-29)26-11-9-24(10-12-26)6-5-15-47-35-19-28(40)18-32(41)37(35)39/h4,7-12,18-19,25,29-30,33,42H,5-6,13-17,20-22H2,1-3H3. The molecular weight excluding hydrogens is 622 g/mol. The summed E-state index contributed by atoms with van der Waals surface area (Å²) in [6.45, 7) is 3.58. The van der Waals surface area contributed by atoms with Gasteiger partial charge in [-0.1, -0.05) is 48.0 Å². The molecular formula is C38H43ClF2N2O4. The molecule has 2 fully saturated rings. The second kappa shape index (κ2) is 14.8. The zero-order chi connectivity index (χ0) is 33.1. The molecule has 1 saturated heterocycles. The molecule has 6 nitrogen and oxygen atoms in total. The van der Waals surface area contributed by atoms with E-state index in [-0.39, 0.29) is 41.4 Å². The number of carbonyl (C=O) groups is 1. The smallest absolute Gasteiger partial charge is 0.252 e. The van der Waals surface area contributed by atoms with E-state index in [0.717, 1.165) is 89.8 Å². The van der Waals surface area contributed by atoms with Crippen molar-refractivity contribution in [2.24, 2.45) is 5.92 Å². The molecule has 1 amide bonds. The maximum absolute atomic E-state index is 14.7. The Morgan fingerprint density at radius 3 is 2.55 bits per heavy atom. The molecule has 47 heavy (non-hydrogen) atoms. The van der Waals surface area contributed by atoms with Gasteiger partial charge in [-0.25, -0.2) is 8.78 Å². The molecule has 2 bridgehead atoms. The molecule has 0 radical (unpaired) electrons. The maximum atomic E-state index is 14.7. The maximum Gasteiger partial charge on any atom is 0.252 e. The van der Waals surface area contributed by atoms with E-state index in [0.29, 0.717) is 25.5 Å². The topological polar surface area (TPSA) is 60.0 Å². The van der Waals surface area contributed by atoms with E-state index >= 15 is 0 Å². The van der Waals surface area contributed by atoms with Crippen molar-refractivity contribution in [1.29, 1.82) is 0 Å². The Morgan fingerprint density at radius 2 is 1.83 bits per heavy atom. The first-order chi connectivity index (χ1) is 22.7. The summed E-state index contributed by atoms with van der Waals surface area (Å²) in [5.74, 6) is -0.199. The second-order valence-electron chi connectivity index (χ2n) is 13.1. The first kappa shape index (κ1) is 33.4. The van der Waals surface area contributed by atoms with E-state index in [1.54, 1.807) is 14.2 Å². The van der Waals surface area contributed by atoms with E-state index in [9.17, 15) is 13.6 Å². The summed E-state index contributed by atoms with van der Waals surface area (Å²) in [6.07, 6.45) is 6.07. The summed E-state index contributed by atoms with van der Waals surface area (Å²) in [5.41, 5.74) is 6.37. The van der Waals surface area contributed by atoms with Crippen LogP contribution < -0.4 is 14.8 Å². The van der Waals surface area contributed by atoms with Crippen LogP contribution in [0.2, 0.25) is 5.02 Å². The number of benzene rings is 3. The fraction of sp³-hybridized carbons (Fsp3) is 0.447. The van der Waals surface area contributed by atoms with Gasteiger partial charge in [0.05, 0.1) is 13.7 Å². The average Bonchev–Trinajstić information content (AvgIpc) is 3.90. The Labute approximate surface area is 281 Å². The number of hydrogen-bond acceptors (Lipinski definition) is 5. The third kappa shape index (κ3) is 7.66. The highest BCUT2D eigenvalue weighted by molar-refractivity contribution is 6.32. The van der Waals surface area contributed by atoms with Crippen molar-refractivity contribution < 1.29 is 27.8 Å². The SMILES string of the molecule is COCC1CC2CC(c3ccc(CCCOc4cc(F)cc(F)c4Cl)cc3)=C(C(=O)N(Cc3cccc(OC)c3C)C3CC3)C(C1)N2. The van der Waals surface area contributed by atoms with Crippen LogP contribution >= 0.6 is 11.6 Å². The number of carbonyl (C=O) groups excluding carboxylic acids is 1. The summed E-state index contributed by atoms with van der Waals surface area (Å²) < 4.78 is 44.0. The highest BCUT2D eigenvalue weighted by Gasteiger charge is 2.43. The van der Waals surface area contributed by atoms with E-state index in [2.05, 4.69) is 47.5 Å². The minimum Gasteiger partial charge on any atom is -0.496 e. The molecule has 1 N–H and O–H groups in total. The number of halogens is 3. The Balaban J connectivity index is 1.23. The number of amides is 1.